The first-order chi connectivity index (χ1) is 12.5. The van der Waals surface area contributed by atoms with Gasteiger partial charge in [0, 0.05) is 37.5 Å². The van der Waals surface area contributed by atoms with E-state index in [0.717, 1.165) is 17.8 Å². The largest absolute Gasteiger partial charge is 0.363 e. The molecule has 2 heterocycles. The number of nitrogens with one attached hydrogen (secondary N) is 1. The van der Waals surface area contributed by atoms with Gasteiger partial charge in [-0.1, -0.05) is 12.1 Å². The first kappa shape index (κ1) is 18.1. The monoisotopic (exact) mass is 366 g/mol. The SMILES string of the molecule is C[C@@H](Cc1ccsc1)NC(=O)c1ccc(-c2nccc(N(C)C)n2)cc1. The van der Waals surface area contributed by atoms with Crippen LogP contribution in [0.15, 0.2) is 53.4 Å². The topological polar surface area (TPSA) is 58.1 Å². The zero-order chi connectivity index (χ0) is 18.5. The van der Waals surface area contributed by atoms with E-state index in [1.807, 2.05) is 56.3 Å². The summed E-state index contributed by atoms with van der Waals surface area (Å²) in [6.45, 7) is 2.02. The van der Waals surface area contributed by atoms with E-state index >= 15 is 0 Å². The number of carbonyl (C=O) groups excluding carboxylic acids is 1. The van der Waals surface area contributed by atoms with Gasteiger partial charge in [-0.15, -0.1) is 0 Å². The van der Waals surface area contributed by atoms with Crippen LogP contribution in [0, 0.1) is 0 Å². The summed E-state index contributed by atoms with van der Waals surface area (Å²) in [7, 11) is 3.88. The lowest BCUT2D eigenvalue weighted by atomic mass is 10.1. The molecular formula is C20H22N4OS. The minimum absolute atomic E-state index is 0.0674. The van der Waals surface area contributed by atoms with Gasteiger partial charge >= 0.3 is 0 Å². The highest BCUT2D eigenvalue weighted by Crippen LogP contribution is 2.18. The maximum atomic E-state index is 12.4. The summed E-state index contributed by atoms with van der Waals surface area (Å²) in [5, 5.41) is 7.21. The van der Waals surface area contributed by atoms with Crippen LogP contribution in [0.2, 0.25) is 0 Å². The van der Waals surface area contributed by atoms with Gasteiger partial charge in [-0.05, 0) is 53.9 Å². The number of rotatable bonds is 6. The molecule has 0 radical (unpaired) electrons. The van der Waals surface area contributed by atoms with Gasteiger partial charge < -0.3 is 10.2 Å². The first-order valence-corrected chi connectivity index (χ1v) is 9.40. The number of hydrogen-bond donors (Lipinski definition) is 1. The molecule has 0 fully saturated rings. The third-order valence-electron chi connectivity index (χ3n) is 4.00. The van der Waals surface area contributed by atoms with Crippen LogP contribution in [0.4, 0.5) is 5.82 Å². The maximum Gasteiger partial charge on any atom is 0.251 e. The highest BCUT2D eigenvalue weighted by Gasteiger charge is 2.11. The van der Waals surface area contributed by atoms with Gasteiger partial charge in [0.05, 0.1) is 0 Å². The van der Waals surface area contributed by atoms with E-state index in [0.29, 0.717) is 11.4 Å². The Morgan fingerprint density at radius 1 is 1.19 bits per heavy atom. The Hall–Kier alpha value is -2.73. The smallest absolute Gasteiger partial charge is 0.251 e. The van der Waals surface area contributed by atoms with Crippen molar-refractivity contribution < 1.29 is 4.79 Å². The summed E-state index contributed by atoms with van der Waals surface area (Å²) in [5.74, 6) is 1.43. The van der Waals surface area contributed by atoms with Gasteiger partial charge in [-0.3, -0.25) is 4.79 Å². The molecule has 5 nitrogen and oxygen atoms in total. The normalized spacial score (nSPS) is 11.8. The van der Waals surface area contributed by atoms with Gasteiger partial charge in [0.1, 0.15) is 5.82 Å². The van der Waals surface area contributed by atoms with Crippen LogP contribution < -0.4 is 10.2 Å². The molecule has 134 valence electrons. The molecule has 0 saturated carbocycles. The van der Waals surface area contributed by atoms with Crippen LogP contribution in [-0.4, -0.2) is 36.0 Å². The van der Waals surface area contributed by atoms with E-state index in [9.17, 15) is 4.79 Å². The molecule has 1 aromatic carbocycles. The van der Waals surface area contributed by atoms with E-state index in [1.165, 1.54) is 5.56 Å². The molecule has 2 aromatic heterocycles. The molecule has 1 amide bonds. The summed E-state index contributed by atoms with van der Waals surface area (Å²) in [5.41, 5.74) is 2.77. The molecule has 26 heavy (non-hydrogen) atoms. The molecule has 1 N–H and O–H groups in total. The summed E-state index contributed by atoms with van der Waals surface area (Å²) < 4.78 is 0. The fraction of sp³-hybridized carbons (Fsp3) is 0.250. The molecule has 0 bridgehead atoms. The number of nitrogens with zero attached hydrogens (tertiary/aromatic N) is 3. The Labute approximate surface area is 157 Å². The fourth-order valence-electron chi connectivity index (χ4n) is 2.63. The first-order valence-electron chi connectivity index (χ1n) is 8.45. The zero-order valence-electron chi connectivity index (χ0n) is 15.1. The van der Waals surface area contributed by atoms with Gasteiger partial charge in [0.15, 0.2) is 5.82 Å². The number of amides is 1. The van der Waals surface area contributed by atoms with E-state index in [1.54, 1.807) is 17.5 Å². The van der Waals surface area contributed by atoms with Crippen molar-refractivity contribution >= 4 is 23.1 Å². The van der Waals surface area contributed by atoms with E-state index < -0.39 is 0 Å². The fourth-order valence-corrected chi connectivity index (χ4v) is 3.31. The van der Waals surface area contributed by atoms with Gasteiger partial charge in [-0.2, -0.15) is 11.3 Å². The van der Waals surface area contributed by atoms with E-state index in [2.05, 4.69) is 32.1 Å². The number of carbonyl (C=O) groups is 1. The summed E-state index contributed by atoms with van der Waals surface area (Å²) >= 11 is 1.67. The van der Waals surface area contributed by atoms with Crippen LogP contribution in [0.3, 0.4) is 0 Å². The molecule has 1 atom stereocenters. The third kappa shape index (κ3) is 4.46. The molecule has 3 rings (SSSR count). The molecule has 0 unspecified atom stereocenters. The second kappa shape index (κ2) is 8.10. The second-order valence-electron chi connectivity index (χ2n) is 6.42. The van der Waals surface area contributed by atoms with Crippen LogP contribution >= 0.6 is 11.3 Å². The number of thiophene rings is 1. The van der Waals surface area contributed by atoms with Gasteiger partial charge in [0.2, 0.25) is 0 Å². The minimum atomic E-state index is -0.0674. The third-order valence-corrected chi connectivity index (χ3v) is 4.74. The van der Waals surface area contributed by atoms with Gasteiger partial charge in [0.25, 0.3) is 5.91 Å². The quantitative estimate of drug-likeness (QED) is 0.724. The second-order valence-corrected chi connectivity index (χ2v) is 7.20. The molecule has 3 aromatic rings. The van der Waals surface area contributed by atoms with Crippen molar-refractivity contribution in [1.29, 1.82) is 0 Å². The minimum Gasteiger partial charge on any atom is -0.363 e. The highest BCUT2D eigenvalue weighted by atomic mass is 32.1. The van der Waals surface area contributed by atoms with Crippen molar-refractivity contribution in [3.63, 3.8) is 0 Å². The summed E-state index contributed by atoms with van der Waals surface area (Å²) in [6.07, 6.45) is 2.57. The number of benzene rings is 1. The average molecular weight is 366 g/mol. The van der Waals surface area contributed by atoms with Crippen molar-refractivity contribution in [3.8, 4) is 11.4 Å². The lowest BCUT2D eigenvalue weighted by molar-refractivity contribution is 0.0940. The Balaban J connectivity index is 1.67. The molecule has 0 spiro atoms. The number of anilines is 1. The van der Waals surface area contributed by atoms with Crippen molar-refractivity contribution in [2.75, 3.05) is 19.0 Å². The van der Waals surface area contributed by atoms with Gasteiger partial charge in [-0.25, -0.2) is 9.97 Å². The molecule has 0 aliphatic rings. The standard InChI is InChI=1S/C20H22N4OS/c1-14(12-15-9-11-26-13-15)22-20(25)17-6-4-16(5-7-17)19-21-10-8-18(23-19)24(2)3/h4-11,13-14H,12H2,1-3H3,(H,22,25)/t14-/m0/s1. The number of hydrogen-bond acceptors (Lipinski definition) is 5. The summed E-state index contributed by atoms with van der Waals surface area (Å²) in [6, 6.07) is 11.4. The van der Waals surface area contributed by atoms with Crippen LogP contribution in [0.1, 0.15) is 22.8 Å². The van der Waals surface area contributed by atoms with Crippen LogP contribution in [-0.2, 0) is 6.42 Å². The Bertz CT molecular complexity index is 860. The van der Waals surface area contributed by atoms with Crippen molar-refractivity contribution in [2.45, 2.75) is 19.4 Å². The average Bonchev–Trinajstić information content (AvgIpc) is 3.14. The summed E-state index contributed by atoms with van der Waals surface area (Å²) in [4.78, 5) is 23.2. The van der Waals surface area contributed by atoms with Crippen molar-refractivity contribution in [3.05, 3.63) is 64.5 Å². The Kier molecular flexibility index (Phi) is 5.63. The molecular weight excluding hydrogens is 344 g/mol. The maximum absolute atomic E-state index is 12.4. The van der Waals surface area contributed by atoms with Crippen molar-refractivity contribution in [1.82, 2.24) is 15.3 Å². The Morgan fingerprint density at radius 2 is 1.96 bits per heavy atom. The predicted molar refractivity (Wildman–Crippen MR) is 107 cm³/mol. The molecule has 6 heteroatoms. The van der Waals surface area contributed by atoms with Crippen LogP contribution in [0.5, 0.6) is 0 Å². The van der Waals surface area contributed by atoms with Crippen LogP contribution in [0.25, 0.3) is 11.4 Å². The molecule has 0 aliphatic heterocycles. The molecule has 0 saturated heterocycles. The highest BCUT2D eigenvalue weighted by molar-refractivity contribution is 7.07. The van der Waals surface area contributed by atoms with E-state index in [4.69, 9.17) is 0 Å². The number of aromatic nitrogens is 2. The van der Waals surface area contributed by atoms with Crippen molar-refractivity contribution in [2.24, 2.45) is 0 Å². The molecule has 0 aliphatic carbocycles. The zero-order valence-corrected chi connectivity index (χ0v) is 16.0. The van der Waals surface area contributed by atoms with E-state index in [-0.39, 0.29) is 11.9 Å². The Morgan fingerprint density at radius 3 is 2.62 bits per heavy atom. The lowest BCUT2D eigenvalue weighted by Gasteiger charge is -2.14. The predicted octanol–water partition coefficient (Wildman–Crippen LogP) is 3.63. The lowest BCUT2D eigenvalue weighted by Crippen LogP contribution is -2.33.